The van der Waals surface area contributed by atoms with Crippen molar-refractivity contribution in [1.82, 2.24) is 5.32 Å². The van der Waals surface area contributed by atoms with Crippen LogP contribution in [0.15, 0.2) is 12.1 Å². The molecule has 2 rings (SSSR count). The number of urea groups is 1. The van der Waals surface area contributed by atoms with E-state index in [0.717, 1.165) is 0 Å². The van der Waals surface area contributed by atoms with Gasteiger partial charge in [-0.1, -0.05) is 11.6 Å². The number of halogens is 1. The third kappa shape index (κ3) is 1.71. The average Bonchev–Trinajstić information content (AvgIpc) is 2.18. The SMILES string of the molecule is O=C1NCc2cc([N+](=O)[O-])cc(Cl)c2N1. The average molecular weight is 228 g/mol. The maximum atomic E-state index is 11.0. The molecule has 1 heterocycles. The Morgan fingerprint density at radius 3 is 2.87 bits per heavy atom. The van der Waals surface area contributed by atoms with Crippen LogP contribution in [0.4, 0.5) is 16.2 Å². The molecule has 7 heteroatoms. The number of rotatable bonds is 1. The number of amides is 2. The molecule has 0 aromatic heterocycles. The second-order valence-electron chi connectivity index (χ2n) is 3.03. The highest BCUT2D eigenvalue weighted by molar-refractivity contribution is 6.34. The fraction of sp³-hybridized carbons (Fsp3) is 0.125. The van der Waals surface area contributed by atoms with Gasteiger partial charge in [0.15, 0.2) is 0 Å². The normalized spacial score (nSPS) is 13.8. The lowest BCUT2D eigenvalue weighted by Crippen LogP contribution is -2.33. The van der Waals surface area contributed by atoms with Crippen molar-refractivity contribution in [3.05, 3.63) is 32.8 Å². The minimum atomic E-state index is -0.525. The molecule has 15 heavy (non-hydrogen) atoms. The molecule has 0 unspecified atom stereocenters. The molecule has 2 N–H and O–H groups in total. The summed E-state index contributed by atoms with van der Waals surface area (Å²) >= 11 is 5.81. The summed E-state index contributed by atoms with van der Waals surface area (Å²) in [5.74, 6) is 0. The van der Waals surface area contributed by atoms with Crippen LogP contribution in [-0.2, 0) is 6.54 Å². The molecule has 0 saturated heterocycles. The van der Waals surface area contributed by atoms with Gasteiger partial charge in [-0.25, -0.2) is 4.79 Å². The van der Waals surface area contributed by atoms with Gasteiger partial charge in [0, 0.05) is 24.2 Å². The van der Waals surface area contributed by atoms with Crippen molar-refractivity contribution < 1.29 is 9.72 Å². The fourth-order valence-electron chi connectivity index (χ4n) is 1.37. The van der Waals surface area contributed by atoms with E-state index in [2.05, 4.69) is 10.6 Å². The number of benzene rings is 1. The van der Waals surface area contributed by atoms with E-state index in [-0.39, 0.29) is 23.3 Å². The summed E-state index contributed by atoms with van der Waals surface area (Å²) < 4.78 is 0. The Morgan fingerprint density at radius 1 is 1.47 bits per heavy atom. The van der Waals surface area contributed by atoms with E-state index in [0.29, 0.717) is 11.3 Å². The molecule has 6 nitrogen and oxygen atoms in total. The zero-order chi connectivity index (χ0) is 11.0. The van der Waals surface area contributed by atoms with Crippen molar-refractivity contribution in [2.75, 3.05) is 5.32 Å². The second-order valence-corrected chi connectivity index (χ2v) is 3.43. The van der Waals surface area contributed by atoms with E-state index in [1.165, 1.54) is 12.1 Å². The van der Waals surface area contributed by atoms with Crippen molar-refractivity contribution in [1.29, 1.82) is 0 Å². The van der Waals surface area contributed by atoms with E-state index in [4.69, 9.17) is 11.6 Å². The Balaban J connectivity index is 2.52. The predicted molar refractivity (Wildman–Crippen MR) is 54.0 cm³/mol. The van der Waals surface area contributed by atoms with Crippen molar-refractivity contribution in [3.63, 3.8) is 0 Å². The van der Waals surface area contributed by atoms with Crippen molar-refractivity contribution in [3.8, 4) is 0 Å². The van der Waals surface area contributed by atoms with Crippen LogP contribution in [-0.4, -0.2) is 11.0 Å². The van der Waals surface area contributed by atoms with Gasteiger partial charge in [-0.2, -0.15) is 0 Å². The lowest BCUT2D eigenvalue weighted by molar-refractivity contribution is -0.384. The molecule has 1 aromatic carbocycles. The van der Waals surface area contributed by atoms with Gasteiger partial charge in [0.25, 0.3) is 5.69 Å². The molecule has 2 amide bonds. The molecule has 78 valence electrons. The number of nitrogens with one attached hydrogen (secondary N) is 2. The maximum absolute atomic E-state index is 11.0. The monoisotopic (exact) mass is 227 g/mol. The fourth-order valence-corrected chi connectivity index (χ4v) is 1.65. The largest absolute Gasteiger partial charge is 0.334 e. The van der Waals surface area contributed by atoms with Gasteiger partial charge in [0.1, 0.15) is 0 Å². The highest BCUT2D eigenvalue weighted by atomic mass is 35.5. The minimum absolute atomic E-state index is 0.0864. The molecular formula is C8H6ClN3O3. The summed E-state index contributed by atoms with van der Waals surface area (Å²) in [7, 11) is 0. The first kappa shape index (κ1) is 9.72. The van der Waals surface area contributed by atoms with Gasteiger partial charge in [0.05, 0.1) is 15.6 Å². The lowest BCUT2D eigenvalue weighted by atomic mass is 10.1. The molecule has 0 atom stereocenters. The second kappa shape index (κ2) is 3.39. The quantitative estimate of drug-likeness (QED) is 0.568. The zero-order valence-corrected chi connectivity index (χ0v) is 8.17. The number of hydrogen-bond donors (Lipinski definition) is 2. The summed E-state index contributed by atoms with van der Waals surface area (Å²) in [6, 6.07) is 2.23. The Kier molecular flexibility index (Phi) is 2.20. The number of non-ortho nitro benzene ring substituents is 1. The zero-order valence-electron chi connectivity index (χ0n) is 7.41. The van der Waals surface area contributed by atoms with Crippen LogP contribution >= 0.6 is 11.6 Å². The standard InChI is InChI=1S/C8H6ClN3O3/c9-6-2-5(12(14)15)1-4-3-10-8(13)11-7(4)6/h1-2H,3H2,(H2,10,11,13). The third-order valence-electron chi connectivity index (χ3n) is 2.05. The third-order valence-corrected chi connectivity index (χ3v) is 2.34. The Hall–Kier alpha value is -1.82. The van der Waals surface area contributed by atoms with E-state index in [9.17, 15) is 14.9 Å². The summed E-state index contributed by atoms with van der Waals surface area (Å²) in [5, 5.41) is 15.7. The van der Waals surface area contributed by atoms with Gasteiger partial charge in [0.2, 0.25) is 0 Å². The highest BCUT2D eigenvalue weighted by Crippen LogP contribution is 2.32. The molecular weight excluding hydrogens is 222 g/mol. The summed E-state index contributed by atoms with van der Waals surface area (Å²) in [6.45, 7) is 0.239. The van der Waals surface area contributed by atoms with E-state index in [1.54, 1.807) is 0 Å². The number of fused-ring (bicyclic) bond motifs is 1. The molecule has 1 aliphatic heterocycles. The highest BCUT2D eigenvalue weighted by Gasteiger charge is 2.20. The Labute approximate surface area is 89.4 Å². The smallest absolute Gasteiger partial charge is 0.319 e. The van der Waals surface area contributed by atoms with Gasteiger partial charge < -0.3 is 10.6 Å². The first-order valence-electron chi connectivity index (χ1n) is 4.09. The van der Waals surface area contributed by atoms with Crippen molar-refractivity contribution in [2.24, 2.45) is 0 Å². The molecule has 0 aliphatic carbocycles. The van der Waals surface area contributed by atoms with Gasteiger partial charge in [-0.05, 0) is 0 Å². The molecule has 1 aliphatic rings. The van der Waals surface area contributed by atoms with E-state index >= 15 is 0 Å². The van der Waals surface area contributed by atoms with Gasteiger partial charge in [-0.3, -0.25) is 10.1 Å². The first-order chi connectivity index (χ1) is 7.08. The summed E-state index contributed by atoms with van der Waals surface area (Å²) in [4.78, 5) is 21.0. The number of carbonyl (C=O) groups is 1. The van der Waals surface area contributed by atoms with Crippen LogP contribution < -0.4 is 10.6 Å². The predicted octanol–water partition coefficient (Wildman–Crippen LogP) is 1.88. The Morgan fingerprint density at radius 2 is 2.20 bits per heavy atom. The Bertz CT molecular complexity index is 461. The van der Waals surface area contributed by atoms with Gasteiger partial charge in [-0.15, -0.1) is 0 Å². The molecule has 0 spiro atoms. The van der Waals surface area contributed by atoms with Crippen LogP contribution in [0.25, 0.3) is 0 Å². The van der Waals surface area contributed by atoms with Gasteiger partial charge >= 0.3 is 6.03 Å². The number of hydrogen-bond acceptors (Lipinski definition) is 3. The van der Waals surface area contributed by atoms with Crippen LogP contribution in [0.1, 0.15) is 5.56 Å². The molecule has 0 fully saturated rings. The molecule has 0 bridgehead atoms. The van der Waals surface area contributed by atoms with E-state index < -0.39 is 4.92 Å². The van der Waals surface area contributed by atoms with Crippen molar-refractivity contribution in [2.45, 2.75) is 6.54 Å². The van der Waals surface area contributed by atoms with Crippen LogP contribution in [0.3, 0.4) is 0 Å². The topological polar surface area (TPSA) is 84.3 Å². The number of anilines is 1. The number of nitrogens with zero attached hydrogens (tertiary/aromatic N) is 1. The van der Waals surface area contributed by atoms with Crippen LogP contribution in [0.5, 0.6) is 0 Å². The summed E-state index contributed by atoms with van der Waals surface area (Å²) in [5.41, 5.74) is 0.955. The van der Waals surface area contributed by atoms with Crippen LogP contribution in [0, 0.1) is 10.1 Å². The summed E-state index contributed by atoms with van der Waals surface area (Å²) in [6.07, 6.45) is 0. The van der Waals surface area contributed by atoms with E-state index in [1.807, 2.05) is 0 Å². The molecule has 0 saturated carbocycles. The number of nitro benzene ring substituents is 1. The van der Waals surface area contributed by atoms with Crippen LogP contribution in [0.2, 0.25) is 5.02 Å². The maximum Gasteiger partial charge on any atom is 0.319 e. The number of nitro groups is 1. The number of carbonyl (C=O) groups excluding carboxylic acids is 1. The first-order valence-corrected chi connectivity index (χ1v) is 4.47. The van der Waals surface area contributed by atoms with Crippen molar-refractivity contribution >= 4 is 29.0 Å². The molecule has 0 radical (unpaired) electrons. The molecule has 1 aromatic rings. The minimum Gasteiger partial charge on any atom is -0.334 e. The lowest BCUT2D eigenvalue weighted by Gasteiger charge is -2.18.